The molecule has 5 aliphatic carbocycles. The summed E-state index contributed by atoms with van der Waals surface area (Å²) in [5, 5.41) is 9.98. The molecule has 0 saturated heterocycles. The number of rotatable bonds is 2. The number of carbonyl (C=O) groups excluding carboxylic acids is 3. The molecule has 5 aliphatic rings. The normalized spacial score (nSPS) is 49.5. The summed E-state index contributed by atoms with van der Waals surface area (Å²) >= 11 is 0. The van der Waals surface area contributed by atoms with E-state index in [1.807, 2.05) is 13.0 Å². The SMILES string of the molecule is [C-]#[N+]C1=C[C@]2(C)[C@H]3CC(=O)[C@@H]4[C@@H]5CC(C)(C)CC[C@]5(C(=O)CO)CC[C@@]4(C)[C@]3(C)CC[C@H]2[C@H](C)C1=O. The van der Waals surface area contributed by atoms with Crippen LogP contribution in [-0.2, 0) is 14.4 Å². The smallest absolute Gasteiger partial charge is 0.226 e. The number of carbonyl (C=O) groups is 3. The molecule has 0 amide bonds. The average molecular weight is 494 g/mol. The Hall–Kier alpha value is -1.80. The van der Waals surface area contributed by atoms with E-state index in [4.69, 9.17) is 6.57 Å². The van der Waals surface area contributed by atoms with Crippen LogP contribution < -0.4 is 0 Å². The highest BCUT2D eigenvalue weighted by atomic mass is 16.3. The average Bonchev–Trinajstić information content (AvgIpc) is 2.82. The van der Waals surface area contributed by atoms with Crippen molar-refractivity contribution in [3.8, 4) is 0 Å². The molecule has 4 saturated carbocycles. The Morgan fingerprint density at radius 2 is 1.69 bits per heavy atom. The zero-order chi connectivity index (χ0) is 26.5. The predicted octanol–water partition coefficient (Wildman–Crippen LogP) is 5.81. The van der Waals surface area contributed by atoms with Gasteiger partial charge >= 0.3 is 0 Å². The minimum absolute atomic E-state index is 0.0309. The highest BCUT2D eigenvalue weighted by Crippen LogP contribution is 2.75. The van der Waals surface area contributed by atoms with Gasteiger partial charge in [-0.1, -0.05) is 47.6 Å². The second-order valence-corrected chi connectivity index (χ2v) is 14.6. The molecule has 1 N–H and O–H groups in total. The van der Waals surface area contributed by atoms with Crippen LogP contribution in [0.3, 0.4) is 0 Å². The summed E-state index contributed by atoms with van der Waals surface area (Å²) in [4.78, 5) is 44.2. The van der Waals surface area contributed by atoms with Crippen LogP contribution in [0.2, 0.25) is 0 Å². The van der Waals surface area contributed by atoms with E-state index in [0.29, 0.717) is 6.42 Å². The first-order valence-corrected chi connectivity index (χ1v) is 14.0. The first kappa shape index (κ1) is 25.8. The van der Waals surface area contributed by atoms with Gasteiger partial charge in [0.25, 0.3) is 0 Å². The lowest BCUT2D eigenvalue weighted by atomic mass is 9.32. The highest BCUT2D eigenvalue weighted by Gasteiger charge is 2.71. The lowest BCUT2D eigenvalue weighted by Crippen LogP contribution is -2.68. The first-order chi connectivity index (χ1) is 16.7. The van der Waals surface area contributed by atoms with Crippen molar-refractivity contribution in [1.82, 2.24) is 0 Å². The van der Waals surface area contributed by atoms with Gasteiger partial charge in [0.15, 0.2) is 11.6 Å². The molecular weight excluding hydrogens is 450 g/mol. The molecule has 0 aliphatic heterocycles. The molecule has 196 valence electrons. The van der Waals surface area contributed by atoms with Gasteiger partial charge < -0.3 is 9.90 Å². The molecule has 5 heteroatoms. The number of aliphatic hydroxyl groups is 1. The number of allylic oxidation sites excluding steroid dienone is 2. The van der Waals surface area contributed by atoms with Crippen molar-refractivity contribution >= 4 is 17.3 Å². The van der Waals surface area contributed by atoms with Crippen LogP contribution >= 0.6 is 0 Å². The van der Waals surface area contributed by atoms with Crippen LogP contribution in [0.5, 0.6) is 0 Å². The Balaban J connectivity index is 1.63. The van der Waals surface area contributed by atoms with Gasteiger partial charge in [0.2, 0.25) is 5.70 Å². The highest BCUT2D eigenvalue weighted by molar-refractivity contribution is 6.00. The molecule has 36 heavy (non-hydrogen) atoms. The van der Waals surface area contributed by atoms with E-state index in [-0.39, 0.29) is 74.3 Å². The topological polar surface area (TPSA) is 75.8 Å². The van der Waals surface area contributed by atoms with Crippen LogP contribution in [0.1, 0.15) is 92.9 Å². The first-order valence-electron chi connectivity index (χ1n) is 14.0. The Morgan fingerprint density at radius 3 is 2.33 bits per heavy atom. The van der Waals surface area contributed by atoms with Crippen molar-refractivity contribution in [2.45, 2.75) is 92.9 Å². The van der Waals surface area contributed by atoms with Crippen LogP contribution in [0.4, 0.5) is 0 Å². The fourth-order valence-electron chi connectivity index (χ4n) is 10.5. The van der Waals surface area contributed by atoms with Gasteiger partial charge in [0.1, 0.15) is 12.4 Å². The van der Waals surface area contributed by atoms with Crippen molar-refractivity contribution in [3.05, 3.63) is 23.2 Å². The fourth-order valence-corrected chi connectivity index (χ4v) is 10.5. The predicted molar refractivity (Wildman–Crippen MR) is 137 cm³/mol. The van der Waals surface area contributed by atoms with E-state index in [1.54, 1.807) is 0 Å². The molecule has 0 heterocycles. The van der Waals surface area contributed by atoms with E-state index >= 15 is 0 Å². The van der Waals surface area contributed by atoms with Crippen LogP contribution in [0.25, 0.3) is 4.85 Å². The second kappa shape index (κ2) is 7.85. The third-order valence-corrected chi connectivity index (χ3v) is 12.8. The second-order valence-electron chi connectivity index (χ2n) is 14.6. The largest absolute Gasteiger partial charge is 0.389 e. The van der Waals surface area contributed by atoms with Crippen LogP contribution in [-0.4, -0.2) is 29.1 Å². The van der Waals surface area contributed by atoms with Gasteiger partial charge in [-0.15, -0.1) is 0 Å². The van der Waals surface area contributed by atoms with Gasteiger partial charge in [0, 0.05) is 23.7 Å². The summed E-state index contributed by atoms with van der Waals surface area (Å²) in [6, 6.07) is 0. The number of ketones is 3. The van der Waals surface area contributed by atoms with Gasteiger partial charge in [-0.3, -0.25) is 9.59 Å². The molecule has 5 nitrogen and oxygen atoms in total. The van der Waals surface area contributed by atoms with Crippen LogP contribution in [0.15, 0.2) is 11.8 Å². The minimum atomic E-state index is -0.586. The van der Waals surface area contributed by atoms with E-state index < -0.39 is 12.0 Å². The molecule has 0 unspecified atom stereocenters. The lowest BCUT2D eigenvalue weighted by molar-refractivity contribution is -0.218. The monoisotopic (exact) mass is 493 g/mol. The summed E-state index contributed by atoms with van der Waals surface area (Å²) in [5.74, 6) is -0.0411. The van der Waals surface area contributed by atoms with Gasteiger partial charge in [-0.05, 0) is 84.4 Å². The third-order valence-electron chi connectivity index (χ3n) is 12.8. The number of hydrogen-bond donors (Lipinski definition) is 1. The zero-order valence-corrected chi connectivity index (χ0v) is 22.9. The van der Waals surface area contributed by atoms with Gasteiger partial charge in [-0.2, -0.15) is 0 Å². The van der Waals surface area contributed by atoms with Crippen molar-refractivity contribution in [2.75, 3.05) is 6.61 Å². The summed E-state index contributed by atoms with van der Waals surface area (Å²) in [6.45, 7) is 20.6. The maximum Gasteiger partial charge on any atom is 0.226 e. The molecular formula is C31H43NO4. The number of nitrogens with zero attached hydrogens (tertiary/aromatic N) is 1. The van der Waals surface area contributed by atoms with E-state index in [2.05, 4.69) is 39.5 Å². The molecule has 0 bridgehead atoms. The molecule has 0 radical (unpaired) electrons. The maximum absolute atomic E-state index is 14.3. The van der Waals surface area contributed by atoms with Crippen molar-refractivity contribution in [2.24, 2.45) is 56.7 Å². The quantitative estimate of drug-likeness (QED) is 0.493. The number of hydrogen-bond acceptors (Lipinski definition) is 4. The molecule has 4 fully saturated rings. The summed E-state index contributed by atoms with van der Waals surface area (Å²) in [5.41, 5.74) is -1.03. The molecule has 5 rings (SSSR count). The van der Waals surface area contributed by atoms with E-state index in [1.165, 1.54) is 0 Å². The van der Waals surface area contributed by atoms with E-state index in [0.717, 1.165) is 44.9 Å². The molecule has 0 spiro atoms. The maximum atomic E-state index is 14.3. The number of fused-ring (bicyclic) bond motifs is 7. The van der Waals surface area contributed by atoms with Crippen molar-refractivity contribution < 1.29 is 19.5 Å². The number of aliphatic hydroxyl groups excluding tert-OH is 1. The molecule has 0 aromatic heterocycles. The zero-order valence-electron chi connectivity index (χ0n) is 22.9. The van der Waals surface area contributed by atoms with Crippen molar-refractivity contribution in [3.63, 3.8) is 0 Å². The van der Waals surface area contributed by atoms with Gasteiger partial charge in [0.05, 0.1) is 6.57 Å². The molecule has 9 atom stereocenters. The van der Waals surface area contributed by atoms with Crippen molar-refractivity contribution in [1.29, 1.82) is 0 Å². The summed E-state index contributed by atoms with van der Waals surface area (Å²) < 4.78 is 0. The Kier molecular flexibility index (Phi) is 5.64. The fraction of sp³-hybridized carbons (Fsp3) is 0.806. The van der Waals surface area contributed by atoms with Gasteiger partial charge in [-0.25, -0.2) is 4.85 Å². The third kappa shape index (κ3) is 3.06. The standard InChI is InChI=1S/C31H43NO4/c1-18-19-8-9-29(5)23(28(19,4)16-21(32-7)26(18)36)14-22(34)25-20-15-27(2,3)10-12-31(20,24(35)17-33)13-11-30(25,29)6/h16,18-20,23,25,33H,8-15,17H2,1-6H3/t18-,19-,20-,23+,25-,28-,29+,30+,31-/m0/s1. The molecule has 0 aromatic carbocycles. The Bertz CT molecular complexity index is 1100. The van der Waals surface area contributed by atoms with E-state index in [9.17, 15) is 19.5 Å². The molecule has 0 aromatic rings. The minimum Gasteiger partial charge on any atom is -0.389 e. The Morgan fingerprint density at radius 1 is 1.03 bits per heavy atom. The Labute approximate surface area is 216 Å². The summed E-state index contributed by atoms with van der Waals surface area (Å²) in [6.07, 6.45) is 8.40. The number of Topliss-reactive ketones (excluding diaryl/α,β-unsaturated/α-hetero) is 3. The van der Waals surface area contributed by atoms with Crippen LogP contribution in [0, 0.1) is 63.2 Å². The summed E-state index contributed by atoms with van der Waals surface area (Å²) in [7, 11) is 0. The lowest BCUT2D eigenvalue weighted by Gasteiger charge is -2.71.